The van der Waals surface area contributed by atoms with E-state index in [0.717, 1.165) is 43.6 Å². The molecule has 0 aliphatic heterocycles. The number of fused-ring (bicyclic) bond motifs is 5. The molecule has 0 saturated heterocycles. The SMILES string of the molecule is CC(=O)C1=C(C)C[C@H]2[C@@H]3CC(C)=C4CC(O)CC[C@]4(C)[C@H]3CC[C@]12C.O=S(=O)(O)O. The van der Waals surface area contributed by atoms with Crippen LogP contribution in [0.4, 0.5) is 0 Å². The molecule has 2 saturated carbocycles. The smallest absolute Gasteiger partial charge is 0.393 e. The van der Waals surface area contributed by atoms with Crippen LogP contribution in [0.5, 0.6) is 0 Å². The van der Waals surface area contributed by atoms with Gasteiger partial charge in [-0.3, -0.25) is 13.9 Å². The van der Waals surface area contributed by atoms with Crippen molar-refractivity contribution in [2.45, 2.75) is 85.7 Å². The second kappa shape index (κ2) is 7.84. The second-order valence-electron chi connectivity index (χ2n) is 10.5. The Morgan fingerprint density at radius 2 is 1.50 bits per heavy atom. The first-order valence-corrected chi connectivity index (χ1v) is 12.4. The third-order valence-corrected chi connectivity index (χ3v) is 8.70. The summed E-state index contributed by atoms with van der Waals surface area (Å²) in [6.45, 7) is 11.1. The monoisotopic (exact) mass is 440 g/mol. The topological polar surface area (TPSA) is 112 Å². The highest BCUT2D eigenvalue weighted by Crippen LogP contribution is 2.66. The summed E-state index contributed by atoms with van der Waals surface area (Å²) >= 11 is 0. The van der Waals surface area contributed by atoms with Gasteiger partial charge in [-0.05, 0) is 99.9 Å². The van der Waals surface area contributed by atoms with Crippen LogP contribution in [0.3, 0.4) is 0 Å². The summed E-state index contributed by atoms with van der Waals surface area (Å²) < 4.78 is 31.6. The van der Waals surface area contributed by atoms with E-state index < -0.39 is 10.4 Å². The van der Waals surface area contributed by atoms with E-state index in [4.69, 9.17) is 17.5 Å². The van der Waals surface area contributed by atoms with Gasteiger partial charge in [0, 0.05) is 0 Å². The molecule has 0 heterocycles. The molecule has 170 valence electrons. The van der Waals surface area contributed by atoms with Crippen LogP contribution in [0.15, 0.2) is 22.3 Å². The van der Waals surface area contributed by atoms with Gasteiger partial charge in [0.05, 0.1) is 6.10 Å². The minimum atomic E-state index is -4.67. The lowest BCUT2D eigenvalue weighted by Crippen LogP contribution is -2.51. The summed E-state index contributed by atoms with van der Waals surface area (Å²) in [4.78, 5) is 12.4. The first-order valence-electron chi connectivity index (χ1n) is 11.0. The molecule has 4 rings (SSSR count). The molecule has 4 aliphatic rings. The predicted molar refractivity (Wildman–Crippen MR) is 115 cm³/mol. The lowest BCUT2D eigenvalue weighted by molar-refractivity contribution is -0.115. The second-order valence-corrected chi connectivity index (χ2v) is 11.4. The van der Waals surface area contributed by atoms with Crippen molar-refractivity contribution >= 4 is 16.2 Å². The van der Waals surface area contributed by atoms with Gasteiger partial charge in [-0.1, -0.05) is 30.6 Å². The average Bonchev–Trinajstić information content (AvgIpc) is 2.86. The van der Waals surface area contributed by atoms with Crippen LogP contribution in [-0.2, 0) is 15.2 Å². The molecule has 0 aromatic rings. The standard InChI is InChI=1S/C23H34O2.H2O4S/c1-13-10-17-18(22(4)8-6-16(25)12-19(13)22)7-9-23(5)20(17)11-14(2)21(23)15(3)24;1-5(2,3)4/h16-18,20,25H,6-12H2,1-5H3;(H2,1,2,3,4)/t16?,17-,18+,20+,22-,23+;/m1./s1. The number of Topliss-reactive ketones (excluding diaryl/α,β-unsaturated/α-hetero) is 1. The highest BCUT2D eigenvalue weighted by molar-refractivity contribution is 7.79. The molecule has 0 amide bonds. The van der Waals surface area contributed by atoms with Gasteiger partial charge in [0.1, 0.15) is 0 Å². The number of ketones is 1. The molecule has 6 atom stereocenters. The molecule has 0 aromatic carbocycles. The zero-order valence-corrected chi connectivity index (χ0v) is 19.6. The zero-order chi connectivity index (χ0) is 22.6. The lowest BCUT2D eigenvalue weighted by Gasteiger charge is -2.58. The van der Waals surface area contributed by atoms with Crippen molar-refractivity contribution in [2.24, 2.45) is 28.6 Å². The molecule has 4 aliphatic carbocycles. The van der Waals surface area contributed by atoms with Gasteiger partial charge in [0.2, 0.25) is 0 Å². The van der Waals surface area contributed by atoms with E-state index in [9.17, 15) is 9.90 Å². The van der Waals surface area contributed by atoms with Gasteiger partial charge in [-0.15, -0.1) is 0 Å². The van der Waals surface area contributed by atoms with Crippen LogP contribution < -0.4 is 0 Å². The molecule has 30 heavy (non-hydrogen) atoms. The average molecular weight is 441 g/mol. The Kier molecular flexibility index (Phi) is 6.18. The summed E-state index contributed by atoms with van der Waals surface area (Å²) in [5.41, 5.74) is 6.01. The van der Waals surface area contributed by atoms with Crippen LogP contribution in [0, 0.1) is 28.6 Å². The van der Waals surface area contributed by atoms with Gasteiger partial charge in [-0.2, -0.15) is 8.42 Å². The highest BCUT2D eigenvalue weighted by atomic mass is 32.3. The van der Waals surface area contributed by atoms with Gasteiger partial charge in [0.25, 0.3) is 0 Å². The third kappa shape index (κ3) is 4.06. The van der Waals surface area contributed by atoms with Crippen molar-refractivity contribution in [3.8, 4) is 0 Å². The van der Waals surface area contributed by atoms with Crippen molar-refractivity contribution in [2.75, 3.05) is 0 Å². The van der Waals surface area contributed by atoms with Crippen LogP contribution in [0.1, 0.15) is 79.6 Å². The minimum absolute atomic E-state index is 0.0966. The van der Waals surface area contributed by atoms with Crippen LogP contribution in [0.25, 0.3) is 0 Å². The summed E-state index contributed by atoms with van der Waals surface area (Å²) in [5, 5.41) is 10.2. The van der Waals surface area contributed by atoms with Gasteiger partial charge < -0.3 is 5.11 Å². The van der Waals surface area contributed by atoms with Gasteiger partial charge in [-0.25, -0.2) is 0 Å². The van der Waals surface area contributed by atoms with Crippen molar-refractivity contribution in [3.05, 3.63) is 22.3 Å². The molecule has 1 unspecified atom stereocenters. The lowest BCUT2D eigenvalue weighted by atomic mass is 9.46. The number of hydrogen-bond acceptors (Lipinski definition) is 4. The highest BCUT2D eigenvalue weighted by Gasteiger charge is 2.58. The Hall–Kier alpha value is -1.02. The van der Waals surface area contributed by atoms with Crippen LogP contribution in [-0.4, -0.2) is 34.5 Å². The van der Waals surface area contributed by atoms with Crippen molar-refractivity contribution in [3.63, 3.8) is 0 Å². The van der Waals surface area contributed by atoms with E-state index in [1.54, 1.807) is 18.1 Å². The maximum atomic E-state index is 12.4. The fraction of sp³-hybridized carbons (Fsp3) is 0.783. The van der Waals surface area contributed by atoms with Gasteiger partial charge in [0.15, 0.2) is 5.78 Å². The Balaban J connectivity index is 0.000000461. The fourth-order valence-corrected chi connectivity index (χ4v) is 7.73. The largest absolute Gasteiger partial charge is 0.394 e. The summed E-state index contributed by atoms with van der Waals surface area (Å²) in [7, 11) is -4.67. The number of hydrogen-bond donors (Lipinski definition) is 3. The first-order chi connectivity index (χ1) is 13.7. The van der Waals surface area contributed by atoms with E-state index in [0.29, 0.717) is 17.6 Å². The summed E-state index contributed by atoms with van der Waals surface area (Å²) in [6, 6.07) is 0. The number of aliphatic hydroxyl groups is 1. The number of allylic oxidation sites excluding steroid dienone is 3. The van der Waals surface area contributed by atoms with E-state index >= 15 is 0 Å². The molecule has 0 bridgehead atoms. The van der Waals surface area contributed by atoms with E-state index in [2.05, 4.69) is 27.7 Å². The molecular weight excluding hydrogens is 404 g/mol. The maximum Gasteiger partial charge on any atom is 0.394 e. The number of carbonyl (C=O) groups is 1. The van der Waals surface area contributed by atoms with Crippen molar-refractivity contribution < 1.29 is 27.4 Å². The van der Waals surface area contributed by atoms with Crippen LogP contribution in [0.2, 0.25) is 0 Å². The first kappa shape index (κ1) is 23.6. The summed E-state index contributed by atoms with van der Waals surface area (Å²) in [6.07, 6.45) is 7.55. The number of aliphatic hydroxyl groups excluding tert-OH is 1. The Labute approximate surface area is 180 Å². The minimum Gasteiger partial charge on any atom is -0.393 e. The van der Waals surface area contributed by atoms with E-state index in [1.165, 1.54) is 18.4 Å². The van der Waals surface area contributed by atoms with Crippen LogP contribution >= 0.6 is 0 Å². The molecule has 6 nitrogen and oxygen atoms in total. The maximum absolute atomic E-state index is 12.4. The zero-order valence-electron chi connectivity index (χ0n) is 18.7. The Morgan fingerprint density at radius 1 is 0.933 bits per heavy atom. The quantitative estimate of drug-likeness (QED) is 0.407. The normalized spacial score (nSPS) is 40.8. The molecule has 0 aromatic heterocycles. The number of rotatable bonds is 1. The molecule has 0 spiro atoms. The molecule has 0 radical (unpaired) electrons. The van der Waals surface area contributed by atoms with Crippen molar-refractivity contribution in [1.29, 1.82) is 0 Å². The molecule has 7 heteroatoms. The van der Waals surface area contributed by atoms with E-state index in [1.807, 2.05) is 0 Å². The van der Waals surface area contributed by atoms with Crippen molar-refractivity contribution in [1.82, 2.24) is 0 Å². The Morgan fingerprint density at radius 3 is 2.07 bits per heavy atom. The number of carbonyl (C=O) groups excluding carboxylic acids is 1. The Bertz CT molecular complexity index is 893. The van der Waals surface area contributed by atoms with E-state index in [-0.39, 0.29) is 16.9 Å². The molecule has 3 N–H and O–H groups in total. The summed E-state index contributed by atoms with van der Waals surface area (Å²) in [5.74, 6) is 2.37. The van der Waals surface area contributed by atoms with Gasteiger partial charge >= 0.3 is 10.4 Å². The third-order valence-electron chi connectivity index (χ3n) is 8.70. The fourth-order valence-electron chi connectivity index (χ4n) is 7.73. The predicted octanol–water partition coefficient (Wildman–Crippen LogP) is 4.56. The molecule has 2 fully saturated rings. The molecular formula is C23H36O6S.